The van der Waals surface area contributed by atoms with Crippen LogP contribution in [0.4, 0.5) is 0 Å². The average Bonchev–Trinajstić information content (AvgIpc) is 3.37. The minimum Gasteiger partial charge on any atom is -0.497 e. The molecule has 3 rings (SSSR count). The van der Waals surface area contributed by atoms with Crippen LogP contribution in [0.5, 0.6) is 5.75 Å². The predicted octanol–water partition coefficient (Wildman–Crippen LogP) is 2.96. The molecule has 1 aliphatic rings. The summed E-state index contributed by atoms with van der Waals surface area (Å²) in [6.07, 6.45) is 4.22. The number of nitrogens with zero attached hydrogens (tertiary/aromatic N) is 1. The van der Waals surface area contributed by atoms with Crippen LogP contribution in [0.25, 0.3) is 0 Å². The second-order valence-electron chi connectivity index (χ2n) is 6.34. The molecule has 0 N–H and O–H groups in total. The fourth-order valence-corrected chi connectivity index (χ4v) is 2.71. The zero-order valence-corrected chi connectivity index (χ0v) is 14.8. The van der Waals surface area contributed by atoms with E-state index in [1.807, 2.05) is 30.3 Å². The summed E-state index contributed by atoms with van der Waals surface area (Å²) >= 11 is 0. The van der Waals surface area contributed by atoms with Gasteiger partial charge in [0.15, 0.2) is 6.61 Å². The predicted molar refractivity (Wildman–Crippen MR) is 94.6 cm³/mol. The molecule has 26 heavy (non-hydrogen) atoms. The van der Waals surface area contributed by atoms with Crippen LogP contribution in [0.3, 0.4) is 0 Å². The van der Waals surface area contributed by atoms with Crippen molar-refractivity contribution in [1.82, 2.24) is 4.90 Å². The summed E-state index contributed by atoms with van der Waals surface area (Å²) < 4.78 is 15.5. The number of furan rings is 1. The first-order valence-corrected chi connectivity index (χ1v) is 8.76. The fourth-order valence-electron chi connectivity index (χ4n) is 2.71. The van der Waals surface area contributed by atoms with Crippen LogP contribution in [0, 0.1) is 0 Å². The van der Waals surface area contributed by atoms with Crippen LogP contribution < -0.4 is 4.74 Å². The molecule has 1 fully saturated rings. The lowest BCUT2D eigenvalue weighted by Gasteiger charge is -2.22. The van der Waals surface area contributed by atoms with Crippen LogP contribution >= 0.6 is 0 Å². The maximum atomic E-state index is 12.5. The van der Waals surface area contributed by atoms with Crippen molar-refractivity contribution in [3.05, 3.63) is 54.0 Å². The molecule has 1 saturated carbocycles. The van der Waals surface area contributed by atoms with Gasteiger partial charge in [-0.05, 0) is 42.7 Å². The molecule has 1 heterocycles. The van der Waals surface area contributed by atoms with Gasteiger partial charge < -0.3 is 18.8 Å². The zero-order valence-electron chi connectivity index (χ0n) is 14.8. The molecule has 1 aromatic heterocycles. The number of hydrogen-bond donors (Lipinski definition) is 0. The van der Waals surface area contributed by atoms with Gasteiger partial charge in [-0.1, -0.05) is 12.1 Å². The van der Waals surface area contributed by atoms with Crippen molar-refractivity contribution in [2.45, 2.75) is 38.3 Å². The van der Waals surface area contributed by atoms with Crippen LogP contribution in [0.1, 0.15) is 30.6 Å². The standard InChI is InChI=1S/C20H23NO5/c1-24-17-8-4-15(5-9-17)13-21(16-6-7-16)19(22)14-26-20(23)11-10-18-3-2-12-25-18/h2-5,8-9,12,16H,6-7,10-11,13-14H2,1H3. The SMILES string of the molecule is COc1ccc(CN(C(=O)COC(=O)CCc2ccco2)C2CC2)cc1. The van der Waals surface area contributed by atoms with E-state index in [-0.39, 0.29) is 25.0 Å². The first kappa shape index (κ1) is 18.0. The molecule has 0 saturated heterocycles. The van der Waals surface area contributed by atoms with E-state index < -0.39 is 5.97 Å². The lowest BCUT2D eigenvalue weighted by Crippen LogP contribution is -2.36. The van der Waals surface area contributed by atoms with Gasteiger partial charge in [0.05, 0.1) is 19.8 Å². The van der Waals surface area contributed by atoms with Gasteiger partial charge in [-0.25, -0.2) is 0 Å². The van der Waals surface area contributed by atoms with Crippen molar-refractivity contribution in [1.29, 1.82) is 0 Å². The topological polar surface area (TPSA) is 69.0 Å². The maximum absolute atomic E-state index is 12.5. The summed E-state index contributed by atoms with van der Waals surface area (Å²) in [6, 6.07) is 11.5. The third-order valence-electron chi connectivity index (χ3n) is 4.33. The van der Waals surface area contributed by atoms with Gasteiger partial charge in [-0.2, -0.15) is 0 Å². The Kier molecular flexibility index (Phi) is 5.94. The van der Waals surface area contributed by atoms with Gasteiger partial charge in [-0.15, -0.1) is 0 Å². The number of ether oxygens (including phenoxy) is 2. The number of carbonyl (C=O) groups is 2. The molecule has 0 atom stereocenters. The minimum atomic E-state index is -0.394. The largest absolute Gasteiger partial charge is 0.497 e. The van der Waals surface area contributed by atoms with Gasteiger partial charge >= 0.3 is 5.97 Å². The monoisotopic (exact) mass is 357 g/mol. The second kappa shape index (κ2) is 8.56. The van der Waals surface area contributed by atoms with E-state index in [4.69, 9.17) is 13.9 Å². The Bertz CT molecular complexity index is 719. The molecular weight excluding hydrogens is 334 g/mol. The summed E-state index contributed by atoms with van der Waals surface area (Å²) in [7, 11) is 1.62. The Balaban J connectivity index is 1.47. The van der Waals surface area contributed by atoms with Gasteiger partial charge in [0.2, 0.25) is 0 Å². The van der Waals surface area contributed by atoms with Crippen LogP contribution in [0.15, 0.2) is 47.1 Å². The van der Waals surface area contributed by atoms with E-state index in [9.17, 15) is 9.59 Å². The van der Waals surface area contributed by atoms with E-state index in [2.05, 4.69) is 0 Å². The first-order chi connectivity index (χ1) is 12.7. The van der Waals surface area contributed by atoms with Crippen molar-refractivity contribution in [2.75, 3.05) is 13.7 Å². The first-order valence-electron chi connectivity index (χ1n) is 8.76. The minimum absolute atomic E-state index is 0.158. The van der Waals surface area contributed by atoms with Crippen molar-refractivity contribution in [3.63, 3.8) is 0 Å². The third kappa shape index (κ3) is 5.12. The number of esters is 1. The second-order valence-corrected chi connectivity index (χ2v) is 6.34. The quantitative estimate of drug-likeness (QED) is 0.646. The van der Waals surface area contributed by atoms with E-state index in [0.29, 0.717) is 13.0 Å². The molecule has 0 bridgehead atoms. The molecular formula is C20H23NO5. The summed E-state index contributed by atoms with van der Waals surface area (Å²) in [6.45, 7) is 0.293. The summed E-state index contributed by atoms with van der Waals surface area (Å²) in [5, 5.41) is 0. The molecule has 0 unspecified atom stereocenters. The molecule has 2 aromatic rings. The molecule has 1 aliphatic carbocycles. The van der Waals surface area contributed by atoms with Gasteiger partial charge in [0.1, 0.15) is 11.5 Å². The molecule has 0 radical (unpaired) electrons. The Hall–Kier alpha value is -2.76. The molecule has 6 heteroatoms. The van der Waals surface area contributed by atoms with Gasteiger partial charge in [0, 0.05) is 19.0 Å². The van der Waals surface area contributed by atoms with Crippen molar-refractivity contribution in [3.8, 4) is 5.75 Å². The Morgan fingerprint density at radius 1 is 1.19 bits per heavy atom. The van der Waals surface area contributed by atoms with E-state index >= 15 is 0 Å². The van der Waals surface area contributed by atoms with Gasteiger partial charge in [-0.3, -0.25) is 9.59 Å². The third-order valence-corrected chi connectivity index (χ3v) is 4.33. The smallest absolute Gasteiger partial charge is 0.306 e. The highest BCUT2D eigenvalue weighted by Gasteiger charge is 2.32. The van der Waals surface area contributed by atoms with Gasteiger partial charge in [0.25, 0.3) is 5.91 Å². The Morgan fingerprint density at radius 2 is 1.96 bits per heavy atom. The fraction of sp³-hybridized carbons (Fsp3) is 0.400. The van der Waals surface area contributed by atoms with Crippen molar-refractivity contribution >= 4 is 11.9 Å². The van der Waals surface area contributed by atoms with E-state index in [1.54, 1.807) is 24.3 Å². The summed E-state index contributed by atoms with van der Waals surface area (Å²) in [4.78, 5) is 26.1. The Morgan fingerprint density at radius 3 is 2.58 bits per heavy atom. The van der Waals surface area contributed by atoms with Crippen molar-refractivity contribution in [2.24, 2.45) is 0 Å². The number of carbonyl (C=O) groups excluding carboxylic acids is 2. The highest BCUT2D eigenvalue weighted by molar-refractivity contribution is 5.81. The van der Waals surface area contributed by atoms with Crippen LogP contribution in [-0.4, -0.2) is 36.5 Å². The molecule has 0 spiro atoms. The number of rotatable bonds is 9. The number of methoxy groups -OCH3 is 1. The lowest BCUT2D eigenvalue weighted by molar-refractivity contribution is -0.152. The highest BCUT2D eigenvalue weighted by Crippen LogP contribution is 2.28. The molecule has 138 valence electrons. The summed E-state index contributed by atoms with van der Waals surface area (Å²) in [5.74, 6) is 0.959. The maximum Gasteiger partial charge on any atom is 0.306 e. The van der Waals surface area contributed by atoms with Crippen LogP contribution in [-0.2, 0) is 27.3 Å². The average molecular weight is 357 g/mol. The number of aryl methyl sites for hydroxylation is 1. The number of benzene rings is 1. The van der Waals surface area contributed by atoms with E-state index in [0.717, 1.165) is 29.9 Å². The molecule has 1 aromatic carbocycles. The molecule has 6 nitrogen and oxygen atoms in total. The normalized spacial score (nSPS) is 13.3. The van der Waals surface area contributed by atoms with Crippen molar-refractivity contribution < 1.29 is 23.5 Å². The summed E-state index contributed by atoms with van der Waals surface area (Å²) in [5.41, 5.74) is 1.02. The molecule has 1 amide bonds. The number of hydrogen-bond acceptors (Lipinski definition) is 5. The highest BCUT2D eigenvalue weighted by atomic mass is 16.5. The van der Waals surface area contributed by atoms with E-state index in [1.165, 1.54) is 0 Å². The molecule has 0 aliphatic heterocycles. The number of amides is 1. The Labute approximate surface area is 152 Å². The zero-order chi connectivity index (χ0) is 18.4. The lowest BCUT2D eigenvalue weighted by atomic mass is 10.2. The van der Waals surface area contributed by atoms with Crippen LogP contribution in [0.2, 0.25) is 0 Å².